The molecule has 5 rings (SSSR count). The number of rotatable bonds is 5. The summed E-state index contributed by atoms with van der Waals surface area (Å²) in [6.07, 6.45) is 3.83. The number of pyridine rings is 2. The molecule has 0 spiro atoms. The minimum atomic E-state index is -0.0158. The average Bonchev–Trinajstić information content (AvgIpc) is 3.36. The highest BCUT2D eigenvalue weighted by molar-refractivity contribution is 5.92. The molecule has 1 unspecified atom stereocenters. The van der Waals surface area contributed by atoms with Gasteiger partial charge in [-0.3, -0.25) is 4.98 Å². The van der Waals surface area contributed by atoms with E-state index in [1.165, 1.54) is 5.69 Å². The molecule has 4 heterocycles. The molecule has 3 aromatic rings. The summed E-state index contributed by atoms with van der Waals surface area (Å²) >= 11 is 0. The zero-order valence-corrected chi connectivity index (χ0v) is 20.0. The van der Waals surface area contributed by atoms with Gasteiger partial charge in [-0.1, -0.05) is 12.1 Å². The lowest BCUT2D eigenvalue weighted by molar-refractivity contribution is 0.197. The zero-order chi connectivity index (χ0) is 23.5. The number of anilines is 2. The van der Waals surface area contributed by atoms with E-state index < -0.39 is 0 Å². The van der Waals surface area contributed by atoms with E-state index in [9.17, 15) is 4.79 Å². The zero-order valence-electron chi connectivity index (χ0n) is 20.0. The maximum absolute atomic E-state index is 12.2. The molecule has 2 saturated heterocycles. The van der Waals surface area contributed by atoms with Crippen LogP contribution in [-0.2, 0) is 0 Å². The number of likely N-dealkylation sites (tertiary alicyclic amines) is 1. The second-order valence-corrected chi connectivity index (χ2v) is 9.19. The third-order valence-electron chi connectivity index (χ3n) is 6.99. The molecule has 0 saturated carbocycles. The molecule has 2 aliphatic heterocycles. The summed E-state index contributed by atoms with van der Waals surface area (Å²) in [4.78, 5) is 28.5. The lowest BCUT2D eigenvalue weighted by Gasteiger charge is -2.34. The third-order valence-corrected chi connectivity index (χ3v) is 6.99. The van der Waals surface area contributed by atoms with Gasteiger partial charge in [0.2, 0.25) is 0 Å². The summed E-state index contributed by atoms with van der Waals surface area (Å²) in [5.74, 6) is 0.813. The standard InChI is InChI=1S/C26H33N7O/c1-27-26(34)33-12-4-5-21(33)18-29-25-22-6-3-11-28-24(22)17-23(30-25)19-7-9-20(10-8-19)32-15-13-31(2)14-16-32/h3,6-11,17,21H,4-5,12-16,18H2,1-2H3,(H,27,34)(H,29,30). The Morgan fingerprint density at radius 3 is 2.65 bits per heavy atom. The van der Waals surface area contributed by atoms with Gasteiger partial charge < -0.3 is 25.3 Å². The van der Waals surface area contributed by atoms with E-state index in [0.29, 0.717) is 6.54 Å². The topological polar surface area (TPSA) is 76.6 Å². The molecule has 1 aromatic carbocycles. The van der Waals surface area contributed by atoms with E-state index in [-0.39, 0.29) is 12.1 Å². The summed E-state index contributed by atoms with van der Waals surface area (Å²) in [6, 6.07) is 14.9. The molecule has 0 bridgehead atoms. The quantitative estimate of drug-likeness (QED) is 0.610. The van der Waals surface area contributed by atoms with Crippen LogP contribution < -0.4 is 15.5 Å². The molecule has 2 aromatic heterocycles. The first-order chi connectivity index (χ1) is 16.6. The van der Waals surface area contributed by atoms with E-state index in [2.05, 4.69) is 62.8 Å². The Morgan fingerprint density at radius 1 is 1.09 bits per heavy atom. The van der Waals surface area contributed by atoms with E-state index in [0.717, 1.165) is 73.5 Å². The first-order valence-corrected chi connectivity index (χ1v) is 12.1. The number of hydrogen-bond donors (Lipinski definition) is 2. The van der Waals surface area contributed by atoms with Gasteiger partial charge >= 0.3 is 6.03 Å². The lowest BCUT2D eigenvalue weighted by atomic mass is 10.1. The number of nitrogens with zero attached hydrogens (tertiary/aromatic N) is 5. The van der Waals surface area contributed by atoms with Crippen LogP contribution in [0.25, 0.3) is 22.2 Å². The maximum Gasteiger partial charge on any atom is 0.317 e. The van der Waals surface area contributed by atoms with Gasteiger partial charge in [0.15, 0.2) is 0 Å². The second-order valence-electron chi connectivity index (χ2n) is 9.19. The van der Waals surface area contributed by atoms with Crippen molar-refractivity contribution in [1.82, 2.24) is 25.1 Å². The molecule has 0 radical (unpaired) electrons. The Balaban J connectivity index is 1.38. The van der Waals surface area contributed by atoms with E-state index in [4.69, 9.17) is 4.98 Å². The fourth-order valence-electron chi connectivity index (χ4n) is 4.94. The number of nitrogens with one attached hydrogen (secondary N) is 2. The fraction of sp³-hybridized carbons (Fsp3) is 0.423. The van der Waals surface area contributed by atoms with Crippen molar-refractivity contribution in [3.05, 3.63) is 48.7 Å². The van der Waals surface area contributed by atoms with Crippen LogP contribution >= 0.6 is 0 Å². The van der Waals surface area contributed by atoms with Gasteiger partial charge in [-0.25, -0.2) is 9.78 Å². The Morgan fingerprint density at radius 2 is 1.88 bits per heavy atom. The largest absolute Gasteiger partial charge is 0.369 e. The minimum Gasteiger partial charge on any atom is -0.369 e. The summed E-state index contributed by atoms with van der Waals surface area (Å²) in [5.41, 5.74) is 4.13. The predicted octanol–water partition coefficient (Wildman–Crippen LogP) is 3.26. The Bertz CT molecular complexity index is 1140. The van der Waals surface area contributed by atoms with Crippen molar-refractivity contribution in [2.75, 3.05) is 63.6 Å². The van der Waals surface area contributed by atoms with Crippen LogP contribution in [0.3, 0.4) is 0 Å². The van der Waals surface area contributed by atoms with Gasteiger partial charge in [-0.05, 0) is 50.2 Å². The van der Waals surface area contributed by atoms with Crippen LogP contribution in [-0.4, -0.2) is 85.2 Å². The maximum atomic E-state index is 12.2. The monoisotopic (exact) mass is 459 g/mol. The van der Waals surface area contributed by atoms with E-state index in [1.807, 2.05) is 23.2 Å². The van der Waals surface area contributed by atoms with Crippen LogP contribution in [0.1, 0.15) is 12.8 Å². The molecule has 1 atom stereocenters. The summed E-state index contributed by atoms with van der Waals surface area (Å²) in [6.45, 7) is 5.74. The molecule has 34 heavy (non-hydrogen) atoms. The van der Waals surface area contributed by atoms with E-state index in [1.54, 1.807) is 7.05 Å². The number of urea groups is 1. The van der Waals surface area contributed by atoms with Gasteiger partial charge in [0.1, 0.15) is 5.82 Å². The number of carbonyl (C=O) groups is 1. The summed E-state index contributed by atoms with van der Waals surface area (Å²) in [7, 11) is 3.86. The van der Waals surface area contributed by atoms with Crippen molar-refractivity contribution in [3.63, 3.8) is 0 Å². The number of carbonyl (C=O) groups excluding carboxylic acids is 1. The average molecular weight is 460 g/mol. The van der Waals surface area contributed by atoms with Crippen LogP contribution in [0.4, 0.5) is 16.3 Å². The number of hydrogen-bond acceptors (Lipinski definition) is 6. The number of fused-ring (bicyclic) bond motifs is 1. The normalized spacial score (nSPS) is 18.9. The van der Waals surface area contributed by atoms with Crippen molar-refractivity contribution < 1.29 is 4.79 Å². The molecule has 2 amide bonds. The molecule has 8 nitrogen and oxygen atoms in total. The highest BCUT2D eigenvalue weighted by Crippen LogP contribution is 2.29. The Hall–Kier alpha value is -3.39. The molecule has 178 valence electrons. The highest BCUT2D eigenvalue weighted by Gasteiger charge is 2.28. The molecular weight excluding hydrogens is 426 g/mol. The molecule has 2 N–H and O–H groups in total. The minimum absolute atomic E-state index is 0.0158. The molecule has 2 fully saturated rings. The smallest absolute Gasteiger partial charge is 0.317 e. The van der Waals surface area contributed by atoms with Gasteiger partial charge in [0, 0.05) is 69.2 Å². The van der Waals surface area contributed by atoms with Crippen molar-refractivity contribution in [1.29, 1.82) is 0 Å². The van der Waals surface area contributed by atoms with E-state index >= 15 is 0 Å². The molecule has 8 heteroatoms. The first kappa shape index (κ1) is 22.4. The van der Waals surface area contributed by atoms with Crippen molar-refractivity contribution in [2.45, 2.75) is 18.9 Å². The lowest BCUT2D eigenvalue weighted by Crippen LogP contribution is -2.44. The van der Waals surface area contributed by atoms with Crippen LogP contribution in [0.5, 0.6) is 0 Å². The van der Waals surface area contributed by atoms with Gasteiger partial charge in [0.05, 0.1) is 17.3 Å². The summed E-state index contributed by atoms with van der Waals surface area (Å²) in [5, 5.41) is 7.27. The van der Waals surface area contributed by atoms with Crippen LogP contribution in [0.15, 0.2) is 48.7 Å². The summed E-state index contributed by atoms with van der Waals surface area (Å²) < 4.78 is 0. The molecular formula is C26H33N7O. The van der Waals surface area contributed by atoms with Crippen LogP contribution in [0.2, 0.25) is 0 Å². The van der Waals surface area contributed by atoms with Crippen molar-refractivity contribution >= 4 is 28.4 Å². The second kappa shape index (κ2) is 9.85. The predicted molar refractivity (Wildman–Crippen MR) is 137 cm³/mol. The first-order valence-electron chi connectivity index (χ1n) is 12.1. The van der Waals surface area contributed by atoms with Gasteiger partial charge in [-0.15, -0.1) is 0 Å². The number of benzene rings is 1. The Labute approximate surface area is 201 Å². The number of likely N-dealkylation sites (N-methyl/N-ethyl adjacent to an activating group) is 1. The van der Waals surface area contributed by atoms with Crippen molar-refractivity contribution in [2.24, 2.45) is 0 Å². The fourth-order valence-corrected chi connectivity index (χ4v) is 4.94. The number of piperazine rings is 1. The molecule has 0 aliphatic carbocycles. The Kier molecular flexibility index (Phi) is 6.49. The number of amides is 2. The van der Waals surface area contributed by atoms with Crippen molar-refractivity contribution in [3.8, 4) is 11.3 Å². The highest BCUT2D eigenvalue weighted by atomic mass is 16.2. The third kappa shape index (κ3) is 4.63. The van der Waals surface area contributed by atoms with Gasteiger partial charge in [-0.2, -0.15) is 0 Å². The molecule has 2 aliphatic rings. The van der Waals surface area contributed by atoms with Crippen LogP contribution in [0, 0.1) is 0 Å². The van der Waals surface area contributed by atoms with Gasteiger partial charge in [0.25, 0.3) is 0 Å². The number of aromatic nitrogens is 2. The SMILES string of the molecule is CNC(=O)N1CCCC1CNc1nc(-c2ccc(N3CCN(C)CC3)cc2)cc2ncccc12.